The van der Waals surface area contributed by atoms with E-state index in [-0.39, 0.29) is 11.8 Å². The Labute approximate surface area is 311 Å². The van der Waals surface area contributed by atoms with Crippen molar-refractivity contribution in [2.75, 3.05) is 58.9 Å². The van der Waals surface area contributed by atoms with Gasteiger partial charge in [-0.25, -0.2) is 0 Å². The van der Waals surface area contributed by atoms with Crippen LogP contribution in [0.5, 0.6) is 17.2 Å². The van der Waals surface area contributed by atoms with E-state index in [2.05, 4.69) is 21.3 Å². The molecule has 0 bridgehead atoms. The fraction of sp³-hybridized carbons (Fsp3) is 0.342. The zero-order chi connectivity index (χ0) is 37.1. The molecule has 1 aromatic heterocycles. The minimum atomic E-state index is -0.865. The first kappa shape index (κ1) is 36.7. The third kappa shape index (κ3) is 7.17. The molecule has 2 aliphatic heterocycles. The predicted molar refractivity (Wildman–Crippen MR) is 198 cm³/mol. The number of nitrogens with zero attached hydrogens (tertiary/aromatic N) is 5. The number of piperazine rings is 1. The molecule has 52 heavy (non-hydrogen) atoms. The van der Waals surface area contributed by atoms with Crippen LogP contribution in [0.4, 0.5) is 11.4 Å². The maximum Gasteiger partial charge on any atom is 0.262 e. The summed E-state index contributed by atoms with van der Waals surface area (Å²) in [5.41, 5.74) is 2.55. The van der Waals surface area contributed by atoms with Crippen molar-refractivity contribution in [2.24, 2.45) is 5.92 Å². The summed E-state index contributed by atoms with van der Waals surface area (Å²) in [6, 6.07) is 14.8. The first-order valence-electron chi connectivity index (χ1n) is 16.9. The number of aromatic nitrogens is 1. The van der Waals surface area contributed by atoms with Gasteiger partial charge in [-0.05, 0) is 36.6 Å². The van der Waals surface area contributed by atoms with E-state index in [9.17, 15) is 19.6 Å². The molecular weight excluding hydrogens is 707 g/mol. The predicted octanol–water partition coefficient (Wildman–Crippen LogP) is 6.41. The van der Waals surface area contributed by atoms with E-state index in [1.54, 1.807) is 60.5 Å². The number of ether oxygens (including phenoxy) is 3. The average Bonchev–Trinajstić information content (AvgIpc) is 3.39. The van der Waals surface area contributed by atoms with E-state index in [0.717, 1.165) is 11.4 Å². The fourth-order valence-electron chi connectivity index (χ4n) is 6.61. The Balaban J connectivity index is 1.06. The molecule has 1 saturated heterocycles. The summed E-state index contributed by atoms with van der Waals surface area (Å²) in [5, 5.41) is 14.5. The van der Waals surface area contributed by atoms with Gasteiger partial charge in [-0.2, -0.15) is 5.26 Å². The van der Waals surface area contributed by atoms with Crippen LogP contribution in [0.2, 0.25) is 10.0 Å². The summed E-state index contributed by atoms with van der Waals surface area (Å²) in [6.45, 7) is 7.15. The highest BCUT2D eigenvalue weighted by molar-refractivity contribution is 6.37. The van der Waals surface area contributed by atoms with Gasteiger partial charge < -0.3 is 24.4 Å². The first-order chi connectivity index (χ1) is 25.1. The molecule has 1 N–H and O–H groups in total. The van der Waals surface area contributed by atoms with E-state index < -0.39 is 17.9 Å². The van der Waals surface area contributed by atoms with E-state index >= 15 is 0 Å². The largest absolute Gasteiger partial charge is 0.495 e. The van der Waals surface area contributed by atoms with Gasteiger partial charge in [0.2, 0.25) is 5.91 Å². The molecule has 1 fully saturated rings. The molecule has 0 saturated carbocycles. The molecule has 12 nitrogen and oxygen atoms in total. The number of rotatable bonds is 12. The number of amides is 3. The number of hydrogen-bond acceptors (Lipinski definition) is 10. The number of anilines is 2. The number of imide groups is 1. The highest BCUT2D eigenvalue weighted by Crippen LogP contribution is 2.40. The number of pyridine rings is 1. The van der Waals surface area contributed by atoms with Crippen molar-refractivity contribution in [3.63, 3.8) is 0 Å². The first-order valence-corrected chi connectivity index (χ1v) is 17.6. The van der Waals surface area contributed by atoms with Crippen LogP contribution in [0.1, 0.15) is 46.5 Å². The van der Waals surface area contributed by atoms with Crippen LogP contribution < -0.4 is 19.5 Å². The molecule has 2 aliphatic rings. The monoisotopic (exact) mass is 744 g/mol. The van der Waals surface area contributed by atoms with E-state index in [1.807, 2.05) is 13.8 Å². The van der Waals surface area contributed by atoms with Gasteiger partial charge in [0.1, 0.15) is 17.9 Å². The standard InChI is InChI=1S/C38H38Cl2N6O6/c1-22(2)35(46-36(47)24-8-5-6-9-25(24)37(46)48)38(49)45-13-11-44(12-14-45)10-7-15-52-33-18-29-26(16-32(33)51-4)34(23(20-41)21-42-29)43-30-19-31(50-3)28(40)17-27(30)39/h5-6,8-9,16-19,21-22,35H,7,10-15H2,1-4H3,(H,42,43)/t35-/m0/s1. The summed E-state index contributed by atoms with van der Waals surface area (Å²) in [7, 11) is 3.05. The minimum absolute atomic E-state index is 0.208. The normalized spacial score (nSPS) is 15.1. The second-order valence-corrected chi connectivity index (χ2v) is 13.7. The number of methoxy groups -OCH3 is 2. The van der Waals surface area contributed by atoms with Crippen LogP contribution in [-0.4, -0.2) is 97.0 Å². The van der Waals surface area contributed by atoms with Crippen LogP contribution in [0.3, 0.4) is 0 Å². The number of fused-ring (bicyclic) bond motifs is 2. The molecule has 0 aliphatic carbocycles. The fourth-order valence-corrected chi connectivity index (χ4v) is 7.12. The number of carbonyl (C=O) groups excluding carboxylic acids is 3. The van der Waals surface area contributed by atoms with Gasteiger partial charge >= 0.3 is 0 Å². The topological polar surface area (TPSA) is 137 Å². The van der Waals surface area contributed by atoms with E-state index in [1.165, 1.54) is 13.3 Å². The van der Waals surface area contributed by atoms with Crippen molar-refractivity contribution in [1.82, 2.24) is 19.7 Å². The molecule has 14 heteroatoms. The van der Waals surface area contributed by atoms with Gasteiger partial charge in [-0.1, -0.05) is 49.2 Å². The second kappa shape index (κ2) is 15.7. The molecule has 6 rings (SSSR count). The molecule has 0 radical (unpaired) electrons. The lowest BCUT2D eigenvalue weighted by molar-refractivity contribution is -0.138. The average molecular weight is 746 g/mol. The molecular formula is C38H38Cl2N6O6. The molecule has 4 aromatic rings. The van der Waals surface area contributed by atoms with Crippen molar-refractivity contribution in [3.8, 4) is 23.3 Å². The number of nitriles is 1. The van der Waals surface area contributed by atoms with Gasteiger partial charge in [0.05, 0.1) is 64.5 Å². The van der Waals surface area contributed by atoms with Gasteiger partial charge in [-0.15, -0.1) is 0 Å². The van der Waals surface area contributed by atoms with Gasteiger partial charge in [-0.3, -0.25) is 29.2 Å². The smallest absolute Gasteiger partial charge is 0.262 e. The lowest BCUT2D eigenvalue weighted by Crippen LogP contribution is -2.57. The van der Waals surface area contributed by atoms with Crippen molar-refractivity contribution < 1.29 is 28.6 Å². The SMILES string of the molecule is COc1cc(Nc2c(C#N)cnc3cc(OCCCN4CCN(C(=O)[C@H](C(C)C)N5C(=O)c6ccccc6C5=O)CC4)c(OC)cc23)c(Cl)cc1Cl. The maximum absolute atomic E-state index is 13.7. The summed E-state index contributed by atoms with van der Waals surface area (Å²) < 4.78 is 17.2. The lowest BCUT2D eigenvalue weighted by Gasteiger charge is -2.38. The quantitative estimate of drug-likeness (QED) is 0.128. The zero-order valence-corrected chi connectivity index (χ0v) is 30.8. The van der Waals surface area contributed by atoms with Crippen LogP contribution >= 0.6 is 23.2 Å². The maximum atomic E-state index is 13.7. The van der Waals surface area contributed by atoms with Gasteiger partial charge in [0.25, 0.3) is 11.8 Å². The van der Waals surface area contributed by atoms with Gasteiger partial charge in [0, 0.05) is 56.4 Å². The summed E-state index contributed by atoms with van der Waals surface area (Å²) >= 11 is 12.7. The minimum Gasteiger partial charge on any atom is -0.495 e. The number of halogens is 2. The number of carbonyl (C=O) groups is 3. The molecule has 0 unspecified atom stereocenters. The third-order valence-electron chi connectivity index (χ3n) is 9.32. The lowest BCUT2D eigenvalue weighted by atomic mass is 10.0. The Morgan fingerprint density at radius 2 is 1.62 bits per heavy atom. The van der Waals surface area contributed by atoms with Crippen LogP contribution in [0, 0.1) is 17.2 Å². The molecule has 0 spiro atoms. The van der Waals surface area contributed by atoms with Gasteiger partial charge in [0.15, 0.2) is 11.5 Å². The highest BCUT2D eigenvalue weighted by atomic mass is 35.5. The summed E-state index contributed by atoms with van der Waals surface area (Å²) in [5.74, 6) is 0.115. The number of benzene rings is 3. The van der Waals surface area contributed by atoms with Crippen LogP contribution in [0.15, 0.2) is 54.7 Å². The summed E-state index contributed by atoms with van der Waals surface area (Å²) in [6.07, 6.45) is 2.19. The highest BCUT2D eigenvalue weighted by Gasteiger charge is 2.45. The van der Waals surface area contributed by atoms with Crippen molar-refractivity contribution >= 4 is 63.2 Å². The van der Waals surface area contributed by atoms with E-state index in [4.69, 9.17) is 37.4 Å². The number of hydrogen-bond donors (Lipinski definition) is 1. The van der Waals surface area contributed by atoms with Crippen molar-refractivity contribution in [2.45, 2.75) is 26.3 Å². The second-order valence-electron chi connectivity index (χ2n) is 12.9. The Bertz CT molecular complexity index is 2040. The van der Waals surface area contributed by atoms with E-state index in [0.29, 0.717) is 105 Å². The third-order valence-corrected chi connectivity index (χ3v) is 9.93. The Kier molecular flexibility index (Phi) is 11.0. The van der Waals surface area contributed by atoms with Crippen molar-refractivity contribution in [1.29, 1.82) is 5.26 Å². The van der Waals surface area contributed by atoms with Crippen LogP contribution in [-0.2, 0) is 4.79 Å². The van der Waals surface area contributed by atoms with Crippen LogP contribution in [0.25, 0.3) is 10.9 Å². The molecule has 270 valence electrons. The number of nitrogens with one attached hydrogen (secondary N) is 1. The molecule has 3 amide bonds. The molecule has 3 heterocycles. The zero-order valence-electron chi connectivity index (χ0n) is 29.2. The summed E-state index contributed by atoms with van der Waals surface area (Å²) in [4.78, 5) is 49.7. The van der Waals surface area contributed by atoms with Crippen molar-refractivity contribution in [3.05, 3.63) is 81.5 Å². The molecule has 1 atom stereocenters. The Morgan fingerprint density at radius 3 is 2.23 bits per heavy atom. The molecule has 3 aromatic carbocycles. The Hall–Kier alpha value is -5.09. The Morgan fingerprint density at radius 1 is 0.942 bits per heavy atom.